The third-order valence-corrected chi connectivity index (χ3v) is 4.39. The Balaban J connectivity index is 2.16. The summed E-state index contributed by atoms with van der Waals surface area (Å²) in [4.78, 5) is 2.37. The minimum atomic E-state index is -0.202. The van der Waals surface area contributed by atoms with Crippen LogP contribution < -0.4 is 5.32 Å². The van der Waals surface area contributed by atoms with Gasteiger partial charge in [-0.1, -0.05) is 22.9 Å². The van der Waals surface area contributed by atoms with Crippen LogP contribution in [0.1, 0.15) is 18.2 Å². The van der Waals surface area contributed by atoms with Gasteiger partial charge in [-0.3, -0.25) is 0 Å². The van der Waals surface area contributed by atoms with E-state index >= 15 is 0 Å². The van der Waals surface area contributed by atoms with Crippen molar-refractivity contribution in [3.05, 3.63) is 45.5 Å². The summed E-state index contributed by atoms with van der Waals surface area (Å²) < 4.78 is 14.2. The molecule has 1 aromatic carbocycles. The molecule has 2 aromatic rings. The molecule has 0 amide bonds. The van der Waals surface area contributed by atoms with Crippen molar-refractivity contribution < 1.29 is 4.39 Å². The zero-order valence-corrected chi connectivity index (χ0v) is 12.6. The molecule has 0 spiro atoms. The molecule has 1 N–H and O–H groups in total. The van der Waals surface area contributed by atoms with Crippen LogP contribution in [0.3, 0.4) is 0 Å². The van der Waals surface area contributed by atoms with E-state index in [1.807, 2.05) is 6.07 Å². The second kappa shape index (κ2) is 6.45. The van der Waals surface area contributed by atoms with Crippen LogP contribution in [-0.4, -0.2) is 6.54 Å². The molecule has 1 nitrogen and oxygen atoms in total. The second-order valence-corrected chi connectivity index (χ2v) is 6.09. The zero-order valence-electron chi connectivity index (χ0n) is 10.2. The molecule has 0 saturated carbocycles. The average molecular weight is 328 g/mol. The lowest BCUT2D eigenvalue weighted by Gasteiger charge is -2.02. The Morgan fingerprint density at radius 2 is 2.11 bits per heavy atom. The Morgan fingerprint density at radius 1 is 1.28 bits per heavy atom. The molecular weight excluding hydrogens is 313 g/mol. The third-order valence-electron chi connectivity index (χ3n) is 2.58. The first-order valence-electron chi connectivity index (χ1n) is 5.95. The van der Waals surface area contributed by atoms with Crippen LogP contribution in [0.5, 0.6) is 0 Å². The summed E-state index contributed by atoms with van der Waals surface area (Å²) in [6, 6.07) is 8.93. The standard InChI is InChI=1S/C14H15BrFNS/c1-2-7-17-9-11-4-6-14(18-11)12-8-10(16)3-5-13(12)15/h3-6,8,17H,2,7,9H2,1H3. The maximum absolute atomic E-state index is 13.3. The molecular formula is C14H15BrFNS. The fourth-order valence-electron chi connectivity index (χ4n) is 1.69. The quantitative estimate of drug-likeness (QED) is 0.776. The first-order chi connectivity index (χ1) is 8.70. The Morgan fingerprint density at radius 3 is 2.89 bits per heavy atom. The Bertz CT molecular complexity index is 524. The van der Waals surface area contributed by atoms with E-state index in [0.29, 0.717) is 0 Å². The summed E-state index contributed by atoms with van der Waals surface area (Å²) in [7, 11) is 0. The van der Waals surface area contributed by atoms with E-state index in [2.05, 4.69) is 34.2 Å². The second-order valence-electron chi connectivity index (χ2n) is 4.07. The molecule has 0 radical (unpaired) electrons. The van der Waals surface area contributed by atoms with Crippen molar-refractivity contribution >= 4 is 27.3 Å². The van der Waals surface area contributed by atoms with Gasteiger partial charge in [0, 0.05) is 26.3 Å². The summed E-state index contributed by atoms with van der Waals surface area (Å²) in [5, 5.41) is 3.37. The van der Waals surface area contributed by atoms with Crippen molar-refractivity contribution in [3.63, 3.8) is 0 Å². The number of nitrogens with one attached hydrogen (secondary N) is 1. The molecule has 0 atom stereocenters. The molecule has 4 heteroatoms. The number of rotatable bonds is 5. The fraction of sp³-hybridized carbons (Fsp3) is 0.286. The largest absolute Gasteiger partial charge is 0.312 e. The van der Waals surface area contributed by atoms with Gasteiger partial charge < -0.3 is 5.32 Å². The van der Waals surface area contributed by atoms with E-state index in [0.717, 1.165) is 34.4 Å². The van der Waals surface area contributed by atoms with Crippen molar-refractivity contribution in [3.8, 4) is 10.4 Å². The molecule has 1 heterocycles. The Kier molecular flexibility index (Phi) is 4.92. The lowest BCUT2D eigenvalue weighted by molar-refractivity contribution is 0.628. The average Bonchev–Trinajstić information content (AvgIpc) is 2.81. The Labute approximate surface area is 119 Å². The lowest BCUT2D eigenvalue weighted by atomic mass is 10.2. The maximum Gasteiger partial charge on any atom is 0.123 e. The summed E-state index contributed by atoms with van der Waals surface area (Å²) in [5.41, 5.74) is 0.918. The number of thiophene rings is 1. The van der Waals surface area contributed by atoms with Crippen molar-refractivity contribution in [2.45, 2.75) is 19.9 Å². The minimum absolute atomic E-state index is 0.202. The SMILES string of the molecule is CCCNCc1ccc(-c2cc(F)ccc2Br)s1. The number of hydrogen-bond donors (Lipinski definition) is 1. The van der Waals surface area contributed by atoms with Gasteiger partial charge in [0.1, 0.15) is 5.82 Å². The van der Waals surface area contributed by atoms with Gasteiger partial charge in [-0.2, -0.15) is 0 Å². The first kappa shape index (κ1) is 13.7. The van der Waals surface area contributed by atoms with Gasteiger partial charge in [0.2, 0.25) is 0 Å². The third kappa shape index (κ3) is 3.40. The highest BCUT2D eigenvalue weighted by Crippen LogP contribution is 2.34. The molecule has 2 rings (SSSR count). The van der Waals surface area contributed by atoms with E-state index in [1.54, 1.807) is 23.5 Å². The molecule has 1 aromatic heterocycles. The van der Waals surface area contributed by atoms with Crippen LogP contribution in [0.4, 0.5) is 4.39 Å². The normalized spacial score (nSPS) is 10.8. The predicted octanol–water partition coefficient (Wildman–Crippen LogP) is 4.82. The van der Waals surface area contributed by atoms with Crippen molar-refractivity contribution in [1.82, 2.24) is 5.32 Å². The highest BCUT2D eigenvalue weighted by molar-refractivity contribution is 9.10. The molecule has 0 fully saturated rings. The van der Waals surface area contributed by atoms with Crippen LogP contribution >= 0.6 is 27.3 Å². The van der Waals surface area contributed by atoms with Gasteiger partial charge in [-0.15, -0.1) is 11.3 Å². The van der Waals surface area contributed by atoms with Gasteiger partial charge in [-0.25, -0.2) is 4.39 Å². The number of halogens is 2. The topological polar surface area (TPSA) is 12.0 Å². The fourth-order valence-corrected chi connectivity index (χ4v) is 3.29. The summed E-state index contributed by atoms with van der Waals surface area (Å²) in [5.74, 6) is -0.202. The van der Waals surface area contributed by atoms with Gasteiger partial charge in [0.05, 0.1) is 0 Å². The van der Waals surface area contributed by atoms with E-state index in [9.17, 15) is 4.39 Å². The molecule has 0 unspecified atom stereocenters. The molecule has 0 bridgehead atoms. The lowest BCUT2D eigenvalue weighted by Crippen LogP contribution is -2.12. The highest BCUT2D eigenvalue weighted by atomic mass is 79.9. The van der Waals surface area contributed by atoms with Crippen molar-refractivity contribution in [2.24, 2.45) is 0 Å². The van der Waals surface area contributed by atoms with Crippen LogP contribution in [0.2, 0.25) is 0 Å². The summed E-state index contributed by atoms with van der Waals surface area (Å²) in [6.45, 7) is 4.05. The maximum atomic E-state index is 13.3. The highest BCUT2D eigenvalue weighted by Gasteiger charge is 2.07. The Hall–Kier alpha value is -0.710. The number of hydrogen-bond acceptors (Lipinski definition) is 2. The summed E-state index contributed by atoms with van der Waals surface area (Å²) in [6.07, 6.45) is 1.13. The van der Waals surface area contributed by atoms with Gasteiger partial charge in [-0.05, 0) is 43.3 Å². The van der Waals surface area contributed by atoms with Crippen LogP contribution in [-0.2, 0) is 6.54 Å². The van der Waals surface area contributed by atoms with E-state index < -0.39 is 0 Å². The van der Waals surface area contributed by atoms with E-state index in [4.69, 9.17) is 0 Å². The molecule has 0 saturated heterocycles. The monoisotopic (exact) mass is 327 g/mol. The van der Waals surface area contributed by atoms with Crippen LogP contribution in [0, 0.1) is 5.82 Å². The van der Waals surface area contributed by atoms with Crippen LogP contribution in [0.25, 0.3) is 10.4 Å². The molecule has 18 heavy (non-hydrogen) atoms. The van der Waals surface area contributed by atoms with Crippen molar-refractivity contribution in [2.75, 3.05) is 6.54 Å². The van der Waals surface area contributed by atoms with Gasteiger partial charge in [0.25, 0.3) is 0 Å². The van der Waals surface area contributed by atoms with Gasteiger partial charge in [0.15, 0.2) is 0 Å². The van der Waals surface area contributed by atoms with Gasteiger partial charge >= 0.3 is 0 Å². The minimum Gasteiger partial charge on any atom is -0.312 e. The molecule has 0 aliphatic heterocycles. The zero-order chi connectivity index (χ0) is 13.0. The van der Waals surface area contributed by atoms with Crippen molar-refractivity contribution in [1.29, 1.82) is 0 Å². The first-order valence-corrected chi connectivity index (χ1v) is 7.56. The van der Waals surface area contributed by atoms with E-state index in [-0.39, 0.29) is 5.82 Å². The smallest absolute Gasteiger partial charge is 0.123 e. The predicted molar refractivity (Wildman–Crippen MR) is 79.4 cm³/mol. The summed E-state index contributed by atoms with van der Waals surface area (Å²) >= 11 is 5.16. The van der Waals surface area contributed by atoms with Crippen LogP contribution in [0.15, 0.2) is 34.8 Å². The molecule has 96 valence electrons. The number of benzene rings is 1. The van der Waals surface area contributed by atoms with E-state index in [1.165, 1.54) is 10.9 Å². The molecule has 0 aliphatic carbocycles. The molecule has 0 aliphatic rings.